The normalized spacial score (nSPS) is 14.6. The minimum absolute atomic E-state index is 0.0468. The zero-order valence-corrected chi connectivity index (χ0v) is 11.9. The van der Waals surface area contributed by atoms with E-state index in [1.165, 1.54) is 11.3 Å². The van der Waals surface area contributed by atoms with Gasteiger partial charge in [-0.05, 0) is 18.4 Å². The Hall–Kier alpha value is -1.89. The van der Waals surface area contributed by atoms with Crippen LogP contribution in [-0.4, -0.2) is 48.9 Å². The van der Waals surface area contributed by atoms with Crippen molar-refractivity contribution in [1.82, 2.24) is 10.2 Å². The van der Waals surface area contributed by atoms with Crippen molar-refractivity contribution in [2.75, 3.05) is 26.2 Å². The van der Waals surface area contributed by atoms with E-state index in [9.17, 15) is 14.4 Å². The molecule has 1 N–H and O–H groups in total. The van der Waals surface area contributed by atoms with Crippen LogP contribution in [0.2, 0.25) is 0 Å². The van der Waals surface area contributed by atoms with E-state index < -0.39 is 5.97 Å². The lowest BCUT2D eigenvalue weighted by Gasteiger charge is -2.37. The van der Waals surface area contributed by atoms with Crippen LogP contribution in [0.5, 0.6) is 0 Å². The Morgan fingerprint density at radius 3 is 2.80 bits per heavy atom. The van der Waals surface area contributed by atoms with E-state index in [0.29, 0.717) is 24.6 Å². The maximum Gasteiger partial charge on any atom is 0.325 e. The Balaban J connectivity index is 1.72. The number of carbonyl (C=O) groups excluding carboxylic acids is 3. The van der Waals surface area contributed by atoms with Gasteiger partial charge in [0.15, 0.2) is 0 Å². The second-order valence-electron chi connectivity index (χ2n) is 4.41. The first-order valence-electron chi connectivity index (χ1n) is 6.38. The summed E-state index contributed by atoms with van der Waals surface area (Å²) in [6.45, 7) is 2.67. The highest BCUT2D eigenvalue weighted by molar-refractivity contribution is 7.12. The van der Waals surface area contributed by atoms with Gasteiger partial charge in [-0.15, -0.1) is 11.3 Å². The van der Waals surface area contributed by atoms with E-state index in [-0.39, 0.29) is 24.3 Å². The molecule has 6 nitrogen and oxygen atoms in total. The first kappa shape index (κ1) is 14.5. The van der Waals surface area contributed by atoms with E-state index in [2.05, 4.69) is 5.32 Å². The zero-order valence-electron chi connectivity index (χ0n) is 11.1. The van der Waals surface area contributed by atoms with Crippen molar-refractivity contribution < 1.29 is 19.1 Å². The van der Waals surface area contributed by atoms with Crippen molar-refractivity contribution in [1.29, 1.82) is 0 Å². The molecule has 1 fully saturated rings. The molecule has 0 saturated carbocycles. The molecule has 2 heterocycles. The molecule has 1 aromatic rings. The Morgan fingerprint density at radius 2 is 2.20 bits per heavy atom. The summed E-state index contributed by atoms with van der Waals surface area (Å²) in [5.41, 5.74) is 0. The maximum absolute atomic E-state index is 11.9. The fourth-order valence-electron chi connectivity index (χ4n) is 1.88. The van der Waals surface area contributed by atoms with E-state index in [4.69, 9.17) is 4.74 Å². The summed E-state index contributed by atoms with van der Waals surface area (Å²) < 4.78 is 4.72. The van der Waals surface area contributed by atoms with Crippen LogP contribution < -0.4 is 5.32 Å². The lowest BCUT2D eigenvalue weighted by Crippen LogP contribution is -2.56. The summed E-state index contributed by atoms with van der Waals surface area (Å²) >= 11 is 1.38. The quantitative estimate of drug-likeness (QED) is 0.803. The number of nitrogens with one attached hydrogen (secondary N) is 1. The largest absolute Gasteiger partial charge is 0.465 e. The average molecular weight is 296 g/mol. The highest BCUT2D eigenvalue weighted by Crippen LogP contribution is 2.20. The van der Waals surface area contributed by atoms with E-state index in [1.54, 1.807) is 17.9 Å². The van der Waals surface area contributed by atoms with Crippen LogP contribution in [0.4, 0.5) is 0 Å². The lowest BCUT2D eigenvalue weighted by molar-refractivity contribution is -0.144. The second kappa shape index (κ2) is 6.51. The van der Waals surface area contributed by atoms with Crippen molar-refractivity contribution in [2.45, 2.75) is 6.92 Å². The van der Waals surface area contributed by atoms with Gasteiger partial charge >= 0.3 is 5.97 Å². The van der Waals surface area contributed by atoms with Crippen molar-refractivity contribution >= 4 is 29.1 Å². The molecule has 1 aliphatic heterocycles. The van der Waals surface area contributed by atoms with Crippen molar-refractivity contribution in [3.63, 3.8) is 0 Å². The van der Waals surface area contributed by atoms with Crippen LogP contribution in [0.1, 0.15) is 16.6 Å². The summed E-state index contributed by atoms with van der Waals surface area (Å²) in [7, 11) is 0. The van der Waals surface area contributed by atoms with Crippen LogP contribution in [0.15, 0.2) is 17.5 Å². The van der Waals surface area contributed by atoms with Crippen molar-refractivity contribution in [3.8, 4) is 0 Å². The third-order valence-electron chi connectivity index (χ3n) is 2.98. The van der Waals surface area contributed by atoms with E-state index in [1.807, 2.05) is 11.4 Å². The second-order valence-corrected chi connectivity index (χ2v) is 5.35. The summed E-state index contributed by atoms with van der Waals surface area (Å²) in [5, 5.41) is 4.36. The molecule has 1 aliphatic rings. The SMILES string of the molecule is CCOC(=O)CNC(=O)C1CN(C(=O)c2cccs2)C1. The summed E-state index contributed by atoms with van der Waals surface area (Å²) in [6, 6.07) is 3.59. The van der Waals surface area contributed by atoms with Gasteiger partial charge in [-0.3, -0.25) is 14.4 Å². The Labute approximate surface area is 120 Å². The lowest BCUT2D eigenvalue weighted by atomic mass is 9.99. The number of esters is 1. The Kier molecular flexibility index (Phi) is 4.73. The molecule has 0 bridgehead atoms. The van der Waals surface area contributed by atoms with Crippen molar-refractivity contribution in [2.24, 2.45) is 5.92 Å². The van der Waals surface area contributed by atoms with E-state index >= 15 is 0 Å². The molecule has 0 unspecified atom stereocenters. The number of ether oxygens (including phenoxy) is 1. The predicted molar refractivity (Wildman–Crippen MR) is 73.4 cm³/mol. The number of likely N-dealkylation sites (tertiary alicyclic amines) is 1. The van der Waals surface area contributed by atoms with Gasteiger partial charge in [-0.1, -0.05) is 6.07 Å². The third-order valence-corrected chi connectivity index (χ3v) is 3.84. The van der Waals surface area contributed by atoms with Gasteiger partial charge < -0.3 is 15.0 Å². The fourth-order valence-corrected chi connectivity index (χ4v) is 2.57. The maximum atomic E-state index is 11.9. The molecule has 7 heteroatoms. The van der Waals surface area contributed by atoms with Gasteiger partial charge in [-0.2, -0.15) is 0 Å². The molecule has 0 atom stereocenters. The Bertz CT molecular complexity index is 494. The standard InChI is InChI=1S/C13H16N2O4S/c1-2-19-11(16)6-14-12(17)9-7-15(8-9)13(18)10-4-3-5-20-10/h3-5,9H,2,6-8H2,1H3,(H,14,17). The third kappa shape index (κ3) is 3.36. The summed E-state index contributed by atoms with van der Waals surface area (Å²) in [6.07, 6.45) is 0. The van der Waals surface area contributed by atoms with Crippen LogP contribution in [-0.2, 0) is 14.3 Å². The number of carbonyl (C=O) groups is 3. The van der Waals surface area contributed by atoms with Crippen LogP contribution >= 0.6 is 11.3 Å². The summed E-state index contributed by atoms with van der Waals surface area (Å²) in [5.74, 6) is -0.956. The molecule has 20 heavy (non-hydrogen) atoms. The number of thiophene rings is 1. The average Bonchev–Trinajstić information content (AvgIpc) is 2.88. The number of rotatable bonds is 5. The predicted octanol–water partition coefficient (Wildman–Crippen LogP) is 0.499. The van der Waals surface area contributed by atoms with Crippen LogP contribution in [0, 0.1) is 5.92 Å². The molecule has 0 spiro atoms. The molecular weight excluding hydrogens is 280 g/mol. The van der Waals surface area contributed by atoms with Gasteiger partial charge in [0.1, 0.15) is 6.54 Å². The van der Waals surface area contributed by atoms with Gasteiger partial charge in [-0.25, -0.2) is 0 Å². The van der Waals surface area contributed by atoms with Gasteiger partial charge in [0.25, 0.3) is 5.91 Å². The van der Waals surface area contributed by atoms with Gasteiger partial charge in [0.05, 0.1) is 17.4 Å². The molecule has 108 valence electrons. The molecule has 0 radical (unpaired) electrons. The van der Waals surface area contributed by atoms with Crippen LogP contribution in [0.25, 0.3) is 0 Å². The topological polar surface area (TPSA) is 75.7 Å². The molecular formula is C13H16N2O4S. The van der Waals surface area contributed by atoms with Gasteiger partial charge in [0.2, 0.25) is 5.91 Å². The Morgan fingerprint density at radius 1 is 1.45 bits per heavy atom. The van der Waals surface area contributed by atoms with E-state index in [0.717, 1.165) is 0 Å². The number of nitrogens with zero attached hydrogens (tertiary/aromatic N) is 1. The molecule has 2 amide bonds. The molecule has 0 aliphatic carbocycles. The number of hydrogen-bond acceptors (Lipinski definition) is 5. The molecule has 1 saturated heterocycles. The number of hydrogen-bond donors (Lipinski definition) is 1. The fraction of sp³-hybridized carbons (Fsp3) is 0.462. The minimum Gasteiger partial charge on any atom is -0.465 e. The first-order valence-corrected chi connectivity index (χ1v) is 7.26. The highest BCUT2D eigenvalue weighted by Gasteiger charge is 2.36. The number of amides is 2. The molecule has 0 aromatic carbocycles. The van der Waals surface area contributed by atoms with Gasteiger partial charge in [0, 0.05) is 13.1 Å². The minimum atomic E-state index is -0.452. The zero-order chi connectivity index (χ0) is 14.5. The summed E-state index contributed by atoms with van der Waals surface area (Å²) in [4.78, 5) is 37.1. The van der Waals surface area contributed by atoms with Crippen molar-refractivity contribution in [3.05, 3.63) is 22.4 Å². The first-order chi connectivity index (χ1) is 9.61. The highest BCUT2D eigenvalue weighted by atomic mass is 32.1. The smallest absolute Gasteiger partial charge is 0.325 e. The molecule has 1 aromatic heterocycles. The monoisotopic (exact) mass is 296 g/mol. The van der Waals surface area contributed by atoms with Crippen LogP contribution in [0.3, 0.4) is 0 Å². The molecule has 2 rings (SSSR count).